The number of piperidine rings is 1. The third-order valence-electron chi connectivity index (χ3n) is 4.39. The molecule has 1 aliphatic rings. The van der Waals surface area contributed by atoms with Crippen LogP contribution in [0.5, 0.6) is 0 Å². The van der Waals surface area contributed by atoms with Gasteiger partial charge in [0.1, 0.15) is 0 Å². The van der Waals surface area contributed by atoms with Crippen molar-refractivity contribution >= 4 is 24.2 Å². The molecule has 0 atom stereocenters. The summed E-state index contributed by atoms with van der Waals surface area (Å²) in [6.07, 6.45) is 2.54. The fourth-order valence-corrected chi connectivity index (χ4v) is 2.85. The topological polar surface area (TPSA) is 64.7 Å². The van der Waals surface area contributed by atoms with Crippen molar-refractivity contribution in [2.45, 2.75) is 33.1 Å². The number of nitrogens with zero attached hydrogens (tertiary/aromatic N) is 2. The van der Waals surface area contributed by atoms with Gasteiger partial charge in [0.25, 0.3) is 0 Å². The van der Waals surface area contributed by atoms with Crippen LogP contribution >= 0.6 is 12.4 Å². The fraction of sp³-hybridized carbons (Fsp3) is 0.875. The Kier molecular flexibility index (Phi) is 12.1. The highest BCUT2D eigenvalue weighted by Crippen LogP contribution is 2.17. The van der Waals surface area contributed by atoms with Crippen LogP contribution in [-0.2, 0) is 9.59 Å². The van der Waals surface area contributed by atoms with Gasteiger partial charge >= 0.3 is 0 Å². The lowest BCUT2D eigenvalue weighted by atomic mass is 9.96. The van der Waals surface area contributed by atoms with Gasteiger partial charge in [-0.05, 0) is 45.9 Å². The van der Waals surface area contributed by atoms with E-state index >= 15 is 0 Å². The van der Waals surface area contributed by atoms with Crippen LogP contribution in [0.15, 0.2) is 0 Å². The summed E-state index contributed by atoms with van der Waals surface area (Å²) in [5.41, 5.74) is 0. The van der Waals surface area contributed by atoms with Crippen molar-refractivity contribution in [3.63, 3.8) is 0 Å². The van der Waals surface area contributed by atoms with Gasteiger partial charge in [0.15, 0.2) is 0 Å². The number of carbonyl (C=O) groups excluding carboxylic acids is 2. The summed E-state index contributed by atoms with van der Waals surface area (Å²) in [5.74, 6) is 0.341. The Morgan fingerprint density at radius 2 is 1.78 bits per heavy atom. The van der Waals surface area contributed by atoms with Crippen LogP contribution in [0.4, 0.5) is 0 Å². The molecule has 0 saturated carbocycles. The molecule has 0 spiro atoms. The molecular formula is C16H33ClN4O2. The van der Waals surface area contributed by atoms with Crippen LogP contribution < -0.4 is 10.6 Å². The number of hydrogen-bond donors (Lipinski definition) is 2. The van der Waals surface area contributed by atoms with Crippen molar-refractivity contribution in [1.82, 2.24) is 20.4 Å². The Balaban J connectivity index is 0.00000484. The van der Waals surface area contributed by atoms with Crippen molar-refractivity contribution in [3.8, 4) is 0 Å². The minimum absolute atomic E-state index is 0. The Bertz CT molecular complexity index is 343. The number of halogens is 1. The molecule has 1 aliphatic heterocycles. The normalized spacial score (nSPS) is 15.4. The summed E-state index contributed by atoms with van der Waals surface area (Å²) in [7, 11) is 1.77. The summed E-state index contributed by atoms with van der Waals surface area (Å²) in [5, 5.41) is 5.92. The van der Waals surface area contributed by atoms with Crippen LogP contribution in [0.1, 0.15) is 33.1 Å². The van der Waals surface area contributed by atoms with Crippen molar-refractivity contribution in [3.05, 3.63) is 0 Å². The van der Waals surface area contributed by atoms with Crippen molar-refractivity contribution in [2.24, 2.45) is 5.92 Å². The van der Waals surface area contributed by atoms with E-state index in [0.29, 0.717) is 19.6 Å². The standard InChI is InChI=1S/C16H32N4O2.ClH/c1-4-19(5-2)10-6-9-18-16(22)14-7-11-20(12-8-14)15(21)13-17-3;/h14,17H,4-13H2,1-3H3,(H,18,22);1H. The largest absolute Gasteiger partial charge is 0.356 e. The van der Waals surface area contributed by atoms with E-state index < -0.39 is 0 Å². The van der Waals surface area contributed by atoms with Gasteiger partial charge in [-0.25, -0.2) is 0 Å². The van der Waals surface area contributed by atoms with Crippen LogP contribution in [0.3, 0.4) is 0 Å². The van der Waals surface area contributed by atoms with Gasteiger partial charge < -0.3 is 20.4 Å². The third-order valence-corrected chi connectivity index (χ3v) is 4.39. The zero-order chi connectivity index (χ0) is 16.4. The number of likely N-dealkylation sites (N-methyl/N-ethyl adjacent to an activating group) is 1. The lowest BCUT2D eigenvalue weighted by Crippen LogP contribution is -2.45. The van der Waals surface area contributed by atoms with Gasteiger partial charge in [-0.1, -0.05) is 13.8 Å². The summed E-state index contributed by atoms with van der Waals surface area (Å²) in [6.45, 7) is 9.97. The Hall–Kier alpha value is -0.850. The third kappa shape index (κ3) is 7.99. The quantitative estimate of drug-likeness (QED) is 0.602. The highest BCUT2D eigenvalue weighted by Gasteiger charge is 2.26. The second kappa shape index (κ2) is 12.6. The Morgan fingerprint density at radius 3 is 2.30 bits per heavy atom. The molecular weight excluding hydrogens is 316 g/mol. The van der Waals surface area contributed by atoms with Crippen LogP contribution in [0.25, 0.3) is 0 Å². The van der Waals surface area contributed by atoms with E-state index in [1.165, 1.54) is 0 Å². The molecule has 0 aromatic heterocycles. The second-order valence-electron chi connectivity index (χ2n) is 5.86. The lowest BCUT2D eigenvalue weighted by Gasteiger charge is -2.31. The van der Waals surface area contributed by atoms with Crippen LogP contribution in [0, 0.1) is 5.92 Å². The number of hydrogen-bond acceptors (Lipinski definition) is 4. The van der Waals surface area contributed by atoms with Crippen LogP contribution in [0.2, 0.25) is 0 Å². The Morgan fingerprint density at radius 1 is 1.17 bits per heavy atom. The van der Waals surface area contributed by atoms with Crippen molar-refractivity contribution in [2.75, 3.05) is 52.9 Å². The number of rotatable bonds is 9. The number of nitrogens with one attached hydrogen (secondary N) is 2. The van der Waals surface area contributed by atoms with Crippen LogP contribution in [-0.4, -0.2) is 74.5 Å². The molecule has 23 heavy (non-hydrogen) atoms. The van der Waals surface area contributed by atoms with Gasteiger partial charge in [-0.15, -0.1) is 12.4 Å². The van der Waals surface area contributed by atoms with E-state index in [-0.39, 0.29) is 30.1 Å². The molecule has 1 fully saturated rings. The first-order valence-electron chi connectivity index (χ1n) is 8.54. The summed E-state index contributed by atoms with van der Waals surface area (Å²) in [4.78, 5) is 28.1. The second-order valence-corrected chi connectivity index (χ2v) is 5.86. The molecule has 136 valence electrons. The monoisotopic (exact) mass is 348 g/mol. The highest BCUT2D eigenvalue weighted by atomic mass is 35.5. The maximum atomic E-state index is 12.1. The SMILES string of the molecule is CCN(CC)CCCNC(=O)C1CCN(C(=O)CNC)CC1.Cl. The molecule has 0 aliphatic carbocycles. The summed E-state index contributed by atoms with van der Waals surface area (Å²) >= 11 is 0. The Labute approximate surface area is 146 Å². The molecule has 1 saturated heterocycles. The average molecular weight is 349 g/mol. The van der Waals surface area contributed by atoms with E-state index in [2.05, 4.69) is 29.4 Å². The minimum Gasteiger partial charge on any atom is -0.356 e. The minimum atomic E-state index is 0. The van der Waals surface area contributed by atoms with Gasteiger partial charge in [0.05, 0.1) is 6.54 Å². The van der Waals surface area contributed by atoms with E-state index in [1.807, 2.05) is 4.90 Å². The summed E-state index contributed by atoms with van der Waals surface area (Å²) < 4.78 is 0. The van der Waals surface area contributed by atoms with Gasteiger partial charge in [0, 0.05) is 25.6 Å². The predicted octanol–water partition coefficient (Wildman–Crippen LogP) is 0.714. The van der Waals surface area contributed by atoms with Gasteiger partial charge in [-0.2, -0.15) is 0 Å². The van der Waals surface area contributed by atoms with E-state index in [4.69, 9.17) is 0 Å². The zero-order valence-electron chi connectivity index (χ0n) is 14.8. The maximum absolute atomic E-state index is 12.1. The van der Waals surface area contributed by atoms with Gasteiger partial charge in [0.2, 0.25) is 11.8 Å². The average Bonchev–Trinajstić information content (AvgIpc) is 2.55. The van der Waals surface area contributed by atoms with Gasteiger partial charge in [-0.3, -0.25) is 9.59 Å². The molecule has 7 heteroatoms. The molecule has 0 aromatic rings. The first-order valence-corrected chi connectivity index (χ1v) is 8.54. The molecule has 2 N–H and O–H groups in total. The number of likely N-dealkylation sites (tertiary alicyclic amines) is 1. The maximum Gasteiger partial charge on any atom is 0.236 e. The first-order chi connectivity index (χ1) is 10.6. The van der Waals surface area contributed by atoms with Crippen molar-refractivity contribution < 1.29 is 9.59 Å². The molecule has 0 unspecified atom stereocenters. The molecule has 0 aromatic carbocycles. The number of amides is 2. The van der Waals surface area contributed by atoms with E-state index in [1.54, 1.807) is 7.05 Å². The fourth-order valence-electron chi connectivity index (χ4n) is 2.85. The molecule has 1 heterocycles. The van der Waals surface area contributed by atoms with Crippen molar-refractivity contribution in [1.29, 1.82) is 0 Å². The van der Waals surface area contributed by atoms with E-state index in [0.717, 1.165) is 45.4 Å². The molecule has 1 rings (SSSR count). The molecule has 0 radical (unpaired) electrons. The van der Waals surface area contributed by atoms with E-state index in [9.17, 15) is 9.59 Å². The summed E-state index contributed by atoms with van der Waals surface area (Å²) in [6, 6.07) is 0. The highest BCUT2D eigenvalue weighted by molar-refractivity contribution is 5.85. The molecule has 2 amide bonds. The first kappa shape index (κ1) is 22.1. The zero-order valence-corrected chi connectivity index (χ0v) is 15.6. The molecule has 0 bridgehead atoms. The lowest BCUT2D eigenvalue weighted by molar-refractivity contribution is -0.134. The number of carbonyl (C=O) groups is 2. The smallest absolute Gasteiger partial charge is 0.236 e. The molecule has 6 nitrogen and oxygen atoms in total. The predicted molar refractivity (Wildman–Crippen MR) is 95.9 cm³/mol.